The lowest BCUT2D eigenvalue weighted by atomic mass is 9.99. The SMILES string of the molecule is COc1cc(N2CC(C(=O)O)C2)c([N+](=O)[O-])cc1F. The van der Waals surface area contributed by atoms with Crippen LogP contribution in [0.5, 0.6) is 5.75 Å². The second kappa shape index (κ2) is 4.71. The van der Waals surface area contributed by atoms with E-state index in [4.69, 9.17) is 9.84 Å². The van der Waals surface area contributed by atoms with E-state index in [1.54, 1.807) is 0 Å². The van der Waals surface area contributed by atoms with E-state index in [-0.39, 0.29) is 24.5 Å². The molecule has 1 heterocycles. The lowest BCUT2D eigenvalue weighted by Gasteiger charge is -2.38. The van der Waals surface area contributed by atoms with Crippen molar-refractivity contribution >= 4 is 17.3 Å². The number of aliphatic carboxylic acids is 1. The fraction of sp³-hybridized carbons (Fsp3) is 0.364. The lowest BCUT2D eigenvalue weighted by molar-refractivity contribution is -0.384. The van der Waals surface area contributed by atoms with E-state index in [9.17, 15) is 19.3 Å². The van der Waals surface area contributed by atoms with Gasteiger partial charge in [0, 0.05) is 19.2 Å². The van der Waals surface area contributed by atoms with Gasteiger partial charge < -0.3 is 14.7 Å². The van der Waals surface area contributed by atoms with Crippen LogP contribution in [0.15, 0.2) is 12.1 Å². The summed E-state index contributed by atoms with van der Waals surface area (Å²) in [6.07, 6.45) is 0. The zero-order chi connectivity index (χ0) is 14.2. The van der Waals surface area contributed by atoms with Gasteiger partial charge in [0.1, 0.15) is 5.69 Å². The van der Waals surface area contributed by atoms with Gasteiger partial charge in [0.05, 0.1) is 24.0 Å². The molecule has 0 radical (unpaired) electrons. The maximum Gasteiger partial charge on any atom is 0.310 e. The highest BCUT2D eigenvalue weighted by Gasteiger charge is 2.36. The largest absolute Gasteiger partial charge is 0.494 e. The third-order valence-electron chi connectivity index (χ3n) is 3.02. The number of nitrogens with zero attached hydrogens (tertiary/aromatic N) is 2. The Morgan fingerprint density at radius 3 is 2.68 bits per heavy atom. The van der Waals surface area contributed by atoms with Crippen molar-refractivity contribution in [3.63, 3.8) is 0 Å². The summed E-state index contributed by atoms with van der Waals surface area (Å²) in [7, 11) is 1.25. The number of carboxylic acid groups (broad SMARTS) is 1. The minimum atomic E-state index is -0.951. The molecule has 0 spiro atoms. The van der Waals surface area contributed by atoms with Crippen LogP contribution in [-0.4, -0.2) is 36.2 Å². The zero-order valence-corrected chi connectivity index (χ0v) is 10.00. The fourth-order valence-corrected chi connectivity index (χ4v) is 1.92. The first-order valence-electron chi connectivity index (χ1n) is 5.43. The van der Waals surface area contributed by atoms with Gasteiger partial charge in [-0.05, 0) is 0 Å². The number of hydrogen-bond acceptors (Lipinski definition) is 5. The van der Waals surface area contributed by atoms with Gasteiger partial charge in [-0.2, -0.15) is 0 Å². The first kappa shape index (κ1) is 13.1. The van der Waals surface area contributed by atoms with Crippen LogP contribution in [0.3, 0.4) is 0 Å². The van der Waals surface area contributed by atoms with Gasteiger partial charge in [-0.3, -0.25) is 14.9 Å². The Hall–Kier alpha value is -2.38. The molecule has 2 rings (SSSR count). The number of halogens is 1. The van der Waals surface area contributed by atoms with Crippen molar-refractivity contribution in [2.45, 2.75) is 0 Å². The summed E-state index contributed by atoms with van der Waals surface area (Å²) in [5.41, 5.74) is -0.233. The van der Waals surface area contributed by atoms with E-state index in [1.807, 2.05) is 0 Å². The Morgan fingerprint density at radius 1 is 1.58 bits per heavy atom. The molecule has 0 aromatic heterocycles. The second-order valence-corrected chi connectivity index (χ2v) is 4.17. The normalized spacial score (nSPS) is 14.9. The van der Waals surface area contributed by atoms with Crippen LogP contribution in [0.2, 0.25) is 0 Å². The standard InChI is InChI=1S/C11H11FN2O5/c1-19-10-3-8(9(14(17)18)2-7(10)12)13-4-6(5-13)11(15)16/h2-3,6H,4-5H2,1H3,(H,15,16). The van der Waals surface area contributed by atoms with Gasteiger partial charge in [0.2, 0.25) is 0 Å². The summed E-state index contributed by atoms with van der Waals surface area (Å²) in [4.78, 5) is 22.4. The van der Waals surface area contributed by atoms with Gasteiger partial charge >= 0.3 is 5.97 Å². The van der Waals surface area contributed by atoms with Crippen molar-refractivity contribution in [1.82, 2.24) is 0 Å². The maximum atomic E-state index is 13.4. The summed E-state index contributed by atoms with van der Waals surface area (Å²) in [5.74, 6) is -2.45. The first-order valence-corrected chi connectivity index (χ1v) is 5.43. The van der Waals surface area contributed by atoms with Crippen molar-refractivity contribution in [3.05, 3.63) is 28.1 Å². The quantitative estimate of drug-likeness (QED) is 0.654. The van der Waals surface area contributed by atoms with E-state index in [0.717, 1.165) is 6.07 Å². The number of nitro groups is 1. The summed E-state index contributed by atoms with van der Waals surface area (Å²) in [6.45, 7) is 0.315. The summed E-state index contributed by atoms with van der Waals surface area (Å²) in [6, 6.07) is 1.99. The van der Waals surface area contributed by atoms with Crippen LogP contribution in [-0.2, 0) is 4.79 Å². The van der Waals surface area contributed by atoms with E-state index >= 15 is 0 Å². The molecule has 19 heavy (non-hydrogen) atoms. The predicted molar refractivity (Wildman–Crippen MR) is 62.9 cm³/mol. The molecule has 1 fully saturated rings. The van der Waals surface area contributed by atoms with Crippen LogP contribution < -0.4 is 9.64 Å². The van der Waals surface area contributed by atoms with Gasteiger partial charge in [0.25, 0.3) is 5.69 Å². The molecule has 0 bridgehead atoms. The number of carbonyl (C=O) groups is 1. The smallest absolute Gasteiger partial charge is 0.310 e. The van der Waals surface area contributed by atoms with Crippen LogP contribution in [0.4, 0.5) is 15.8 Å². The molecule has 1 saturated heterocycles. The minimum absolute atomic E-state index is 0.112. The number of benzene rings is 1. The molecule has 1 aliphatic rings. The van der Waals surface area contributed by atoms with Gasteiger partial charge in [-0.25, -0.2) is 4.39 Å². The molecule has 0 atom stereocenters. The molecule has 0 aliphatic carbocycles. The van der Waals surface area contributed by atoms with E-state index in [2.05, 4.69) is 0 Å². The highest BCUT2D eigenvalue weighted by Crippen LogP contribution is 2.37. The van der Waals surface area contributed by atoms with Crippen molar-refractivity contribution in [3.8, 4) is 5.75 Å². The Balaban J connectivity index is 2.33. The highest BCUT2D eigenvalue weighted by molar-refractivity contribution is 5.77. The Kier molecular flexibility index (Phi) is 3.24. The van der Waals surface area contributed by atoms with Gasteiger partial charge in [-0.15, -0.1) is 0 Å². The molecule has 102 valence electrons. The summed E-state index contributed by atoms with van der Waals surface area (Å²) in [5, 5.41) is 19.7. The Labute approximate surface area is 107 Å². The topological polar surface area (TPSA) is 92.9 Å². The van der Waals surface area contributed by atoms with Crippen molar-refractivity contribution in [2.75, 3.05) is 25.1 Å². The maximum absolute atomic E-state index is 13.4. The molecular weight excluding hydrogens is 259 g/mol. The minimum Gasteiger partial charge on any atom is -0.494 e. The monoisotopic (exact) mass is 270 g/mol. The first-order chi connectivity index (χ1) is 8.93. The van der Waals surface area contributed by atoms with E-state index in [0.29, 0.717) is 0 Å². The second-order valence-electron chi connectivity index (χ2n) is 4.17. The van der Waals surface area contributed by atoms with E-state index in [1.165, 1.54) is 18.1 Å². The third-order valence-corrected chi connectivity index (χ3v) is 3.02. The summed E-state index contributed by atoms with van der Waals surface area (Å²) < 4.78 is 18.2. The fourth-order valence-electron chi connectivity index (χ4n) is 1.92. The number of methoxy groups -OCH3 is 1. The van der Waals surface area contributed by atoms with Crippen molar-refractivity contribution in [2.24, 2.45) is 5.92 Å². The van der Waals surface area contributed by atoms with Crippen LogP contribution >= 0.6 is 0 Å². The molecular formula is C11H11FN2O5. The van der Waals surface area contributed by atoms with Gasteiger partial charge in [-0.1, -0.05) is 0 Å². The molecule has 0 unspecified atom stereocenters. The predicted octanol–water partition coefficient (Wildman–Crippen LogP) is 1.26. The van der Waals surface area contributed by atoms with Crippen LogP contribution in [0.25, 0.3) is 0 Å². The van der Waals surface area contributed by atoms with Crippen molar-refractivity contribution in [1.29, 1.82) is 0 Å². The summed E-state index contributed by atoms with van der Waals surface area (Å²) >= 11 is 0. The van der Waals surface area contributed by atoms with Crippen LogP contribution in [0.1, 0.15) is 0 Å². The molecule has 1 aromatic rings. The molecule has 1 aromatic carbocycles. The number of anilines is 1. The lowest BCUT2D eigenvalue weighted by Crippen LogP contribution is -2.50. The molecule has 1 aliphatic heterocycles. The highest BCUT2D eigenvalue weighted by atomic mass is 19.1. The number of hydrogen-bond donors (Lipinski definition) is 1. The third kappa shape index (κ3) is 2.28. The van der Waals surface area contributed by atoms with E-state index < -0.39 is 28.3 Å². The number of carboxylic acids is 1. The molecule has 8 heteroatoms. The molecule has 0 saturated carbocycles. The Morgan fingerprint density at radius 2 is 2.21 bits per heavy atom. The van der Waals surface area contributed by atoms with Crippen LogP contribution in [0, 0.1) is 21.8 Å². The number of ether oxygens (including phenoxy) is 1. The Bertz CT molecular complexity index is 542. The average Bonchev–Trinajstić information content (AvgIpc) is 2.27. The molecule has 1 N–H and O–H groups in total. The molecule has 0 amide bonds. The number of rotatable bonds is 4. The zero-order valence-electron chi connectivity index (χ0n) is 10.00. The molecule has 7 nitrogen and oxygen atoms in total. The van der Waals surface area contributed by atoms with Gasteiger partial charge in [0.15, 0.2) is 11.6 Å². The van der Waals surface area contributed by atoms with Crippen molar-refractivity contribution < 1.29 is 24.0 Å². The average molecular weight is 270 g/mol. The number of nitro benzene ring substituents is 1.